The van der Waals surface area contributed by atoms with E-state index >= 15 is 0 Å². The molecular formula is C14H29N3O. The molecule has 2 N–H and O–H groups in total. The Labute approximate surface area is 111 Å². The lowest BCUT2D eigenvalue weighted by atomic mass is 9.98. The van der Waals surface area contributed by atoms with Gasteiger partial charge in [-0.1, -0.05) is 13.8 Å². The number of hydrogen-bond acceptors (Lipinski definition) is 3. The van der Waals surface area contributed by atoms with Gasteiger partial charge in [-0.3, -0.25) is 4.79 Å². The maximum absolute atomic E-state index is 12.0. The number of likely N-dealkylation sites (N-methyl/N-ethyl adjacent to an activating group) is 1. The van der Waals surface area contributed by atoms with Crippen LogP contribution in [0.3, 0.4) is 0 Å². The van der Waals surface area contributed by atoms with Crippen molar-refractivity contribution >= 4 is 5.91 Å². The fourth-order valence-electron chi connectivity index (χ4n) is 2.46. The van der Waals surface area contributed by atoms with Crippen LogP contribution in [0.4, 0.5) is 0 Å². The third-order valence-electron chi connectivity index (χ3n) is 3.65. The standard InChI is InChI=1S/C14H29N3O/c1-11(2)8-13(17(3)4)10-16-14(18)12-6-5-7-15-9-12/h11-13,15H,5-10H2,1-4H3,(H,16,18)/t12-,13?/m0/s1. The summed E-state index contributed by atoms with van der Waals surface area (Å²) in [6.07, 6.45) is 3.26. The van der Waals surface area contributed by atoms with Crippen molar-refractivity contribution < 1.29 is 4.79 Å². The highest BCUT2D eigenvalue weighted by Crippen LogP contribution is 2.11. The van der Waals surface area contributed by atoms with E-state index in [9.17, 15) is 4.79 Å². The summed E-state index contributed by atoms with van der Waals surface area (Å²) in [6.45, 7) is 7.10. The molecule has 0 aromatic carbocycles. The number of carbonyl (C=O) groups is 1. The van der Waals surface area contributed by atoms with Crippen LogP contribution in [0, 0.1) is 11.8 Å². The van der Waals surface area contributed by atoms with Gasteiger partial charge in [-0.15, -0.1) is 0 Å². The van der Waals surface area contributed by atoms with Crippen LogP contribution in [0.25, 0.3) is 0 Å². The molecule has 1 unspecified atom stereocenters. The predicted octanol–water partition coefficient (Wildman–Crippen LogP) is 1.08. The average molecular weight is 255 g/mol. The first-order valence-electron chi connectivity index (χ1n) is 7.15. The zero-order valence-electron chi connectivity index (χ0n) is 12.3. The number of carbonyl (C=O) groups excluding carboxylic acids is 1. The lowest BCUT2D eigenvalue weighted by molar-refractivity contribution is -0.125. The van der Waals surface area contributed by atoms with Crippen molar-refractivity contribution in [3.63, 3.8) is 0 Å². The molecule has 0 aliphatic carbocycles. The Morgan fingerprint density at radius 2 is 2.17 bits per heavy atom. The van der Waals surface area contributed by atoms with Gasteiger partial charge in [0.1, 0.15) is 0 Å². The highest BCUT2D eigenvalue weighted by atomic mass is 16.1. The molecule has 0 radical (unpaired) electrons. The number of rotatable bonds is 6. The molecule has 0 aromatic heterocycles. The van der Waals surface area contributed by atoms with Crippen LogP contribution in [-0.2, 0) is 4.79 Å². The van der Waals surface area contributed by atoms with E-state index in [1.807, 2.05) is 0 Å². The van der Waals surface area contributed by atoms with E-state index in [4.69, 9.17) is 0 Å². The van der Waals surface area contributed by atoms with Gasteiger partial charge in [0.25, 0.3) is 0 Å². The van der Waals surface area contributed by atoms with Gasteiger partial charge in [-0.05, 0) is 45.8 Å². The number of nitrogens with zero attached hydrogens (tertiary/aromatic N) is 1. The summed E-state index contributed by atoms with van der Waals surface area (Å²) in [5.41, 5.74) is 0. The number of hydrogen-bond donors (Lipinski definition) is 2. The number of nitrogens with one attached hydrogen (secondary N) is 2. The van der Waals surface area contributed by atoms with Gasteiger partial charge < -0.3 is 15.5 Å². The smallest absolute Gasteiger partial charge is 0.224 e. The van der Waals surface area contributed by atoms with Gasteiger partial charge in [0.15, 0.2) is 0 Å². The molecule has 1 aliphatic rings. The minimum atomic E-state index is 0.167. The maximum Gasteiger partial charge on any atom is 0.224 e. The van der Waals surface area contributed by atoms with E-state index < -0.39 is 0 Å². The number of piperidine rings is 1. The van der Waals surface area contributed by atoms with Crippen molar-refractivity contribution in [1.82, 2.24) is 15.5 Å². The summed E-state index contributed by atoms with van der Waals surface area (Å²) >= 11 is 0. The third-order valence-corrected chi connectivity index (χ3v) is 3.65. The van der Waals surface area contributed by atoms with Crippen molar-refractivity contribution in [3.8, 4) is 0 Å². The number of amides is 1. The van der Waals surface area contributed by atoms with E-state index in [-0.39, 0.29) is 11.8 Å². The minimum Gasteiger partial charge on any atom is -0.354 e. The molecule has 1 amide bonds. The monoisotopic (exact) mass is 255 g/mol. The Balaban J connectivity index is 2.33. The highest BCUT2D eigenvalue weighted by Gasteiger charge is 2.22. The maximum atomic E-state index is 12.0. The van der Waals surface area contributed by atoms with E-state index in [1.54, 1.807) is 0 Å². The topological polar surface area (TPSA) is 44.4 Å². The van der Waals surface area contributed by atoms with Crippen LogP contribution < -0.4 is 10.6 Å². The Morgan fingerprint density at radius 3 is 2.67 bits per heavy atom. The summed E-state index contributed by atoms with van der Waals surface area (Å²) < 4.78 is 0. The molecule has 1 rings (SSSR count). The van der Waals surface area contributed by atoms with Crippen molar-refractivity contribution in [3.05, 3.63) is 0 Å². The van der Waals surface area contributed by atoms with Gasteiger partial charge in [-0.25, -0.2) is 0 Å². The Kier molecular flexibility index (Phi) is 6.65. The first-order chi connectivity index (χ1) is 8.50. The molecule has 1 fully saturated rings. The van der Waals surface area contributed by atoms with Crippen LogP contribution in [0.1, 0.15) is 33.1 Å². The van der Waals surface area contributed by atoms with E-state index in [0.29, 0.717) is 12.0 Å². The van der Waals surface area contributed by atoms with E-state index in [0.717, 1.165) is 38.9 Å². The van der Waals surface area contributed by atoms with E-state index in [2.05, 4.69) is 43.5 Å². The molecule has 1 saturated heterocycles. The molecule has 0 bridgehead atoms. The summed E-state index contributed by atoms with van der Waals surface area (Å²) in [7, 11) is 4.17. The summed E-state index contributed by atoms with van der Waals surface area (Å²) in [6, 6.07) is 0.436. The van der Waals surface area contributed by atoms with Crippen LogP contribution in [-0.4, -0.2) is 50.6 Å². The second-order valence-corrected chi connectivity index (χ2v) is 6.04. The molecule has 4 nitrogen and oxygen atoms in total. The predicted molar refractivity (Wildman–Crippen MR) is 75.5 cm³/mol. The first-order valence-corrected chi connectivity index (χ1v) is 7.15. The SMILES string of the molecule is CC(C)CC(CNC(=O)[C@H]1CCCNC1)N(C)C. The normalized spacial score (nSPS) is 22.2. The summed E-state index contributed by atoms with van der Waals surface area (Å²) in [5, 5.41) is 6.41. The highest BCUT2D eigenvalue weighted by molar-refractivity contribution is 5.79. The average Bonchev–Trinajstić information content (AvgIpc) is 2.34. The fourth-order valence-corrected chi connectivity index (χ4v) is 2.46. The van der Waals surface area contributed by atoms with Crippen LogP contribution in [0.5, 0.6) is 0 Å². The van der Waals surface area contributed by atoms with Crippen LogP contribution >= 0.6 is 0 Å². The van der Waals surface area contributed by atoms with Gasteiger partial charge in [0.2, 0.25) is 5.91 Å². The van der Waals surface area contributed by atoms with Crippen molar-refractivity contribution in [2.45, 2.75) is 39.2 Å². The molecule has 106 valence electrons. The first kappa shape index (κ1) is 15.4. The van der Waals surface area contributed by atoms with Gasteiger partial charge >= 0.3 is 0 Å². The lowest BCUT2D eigenvalue weighted by Crippen LogP contribution is -2.45. The summed E-state index contributed by atoms with van der Waals surface area (Å²) in [4.78, 5) is 14.2. The molecule has 0 spiro atoms. The molecule has 2 atom stereocenters. The Hall–Kier alpha value is -0.610. The fraction of sp³-hybridized carbons (Fsp3) is 0.929. The van der Waals surface area contributed by atoms with Crippen molar-refractivity contribution in [2.24, 2.45) is 11.8 Å². The second-order valence-electron chi connectivity index (χ2n) is 6.04. The van der Waals surface area contributed by atoms with E-state index in [1.165, 1.54) is 0 Å². The third kappa shape index (κ3) is 5.36. The van der Waals surface area contributed by atoms with Crippen LogP contribution in [0.15, 0.2) is 0 Å². The molecule has 4 heteroatoms. The van der Waals surface area contributed by atoms with Gasteiger partial charge in [-0.2, -0.15) is 0 Å². The Bertz CT molecular complexity index is 247. The second kappa shape index (κ2) is 7.74. The minimum absolute atomic E-state index is 0.167. The van der Waals surface area contributed by atoms with Crippen LogP contribution in [0.2, 0.25) is 0 Å². The molecule has 18 heavy (non-hydrogen) atoms. The zero-order valence-corrected chi connectivity index (χ0v) is 12.3. The van der Waals surface area contributed by atoms with Crippen molar-refractivity contribution in [1.29, 1.82) is 0 Å². The Morgan fingerprint density at radius 1 is 1.44 bits per heavy atom. The van der Waals surface area contributed by atoms with Gasteiger partial charge in [0, 0.05) is 19.1 Å². The lowest BCUT2D eigenvalue weighted by Gasteiger charge is -2.28. The quantitative estimate of drug-likeness (QED) is 0.746. The van der Waals surface area contributed by atoms with Crippen molar-refractivity contribution in [2.75, 3.05) is 33.7 Å². The molecule has 1 heterocycles. The zero-order chi connectivity index (χ0) is 13.5. The molecule has 1 aliphatic heterocycles. The molecular weight excluding hydrogens is 226 g/mol. The molecule has 0 saturated carbocycles. The largest absolute Gasteiger partial charge is 0.354 e. The molecule has 0 aromatic rings. The van der Waals surface area contributed by atoms with Gasteiger partial charge in [0.05, 0.1) is 5.92 Å². The summed E-state index contributed by atoms with van der Waals surface area (Å²) in [5.74, 6) is 1.05.